The molecule has 1 atom stereocenters. The van der Waals surface area contributed by atoms with Crippen molar-refractivity contribution in [3.8, 4) is 11.4 Å². The van der Waals surface area contributed by atoms with E-state index in [9.17, 15) is 9.18 Å². The minimum absolute atomic E-state index is 0.115. The largest absolute Gasteiger partial charge is 0.376 e. The lowest BCUT2D eigenvalue weighted by atomic mass is 10.1. The van der Waals surface area contributed by atoms with E-state index in [2.05, 4.69) is 10.2 Å². The minimum Gasteiger partial charge on any atom is -0.376 e. The highest BCUT2D eigenvalue weighted by molar-refractivity contribution is 7.99. The average molecular weight is 433 g/mol. The molecule has 1 aromatic carbocycles. The Bertz CT molecular complexity index is 828. The smallest absolute Gasteiger partial charge is 0.233 e. The maximum Gasteiger partial charge on any atom is 0.233 e. The number of hydrogen-bond acceptors (Lipinski definition) is 5. The highest BCUT2D eigenvalue weighted by Gasteiger charge is 2.23. The van der Waals surface area contributed by atoms with Gasteiger partial charge in [0.05, 0.1) is 18.4 Å². The number of amides is 1. The van der Waals surface area contributed by atoms with Gasteiger partial charge >= 0.3 is 0 Å². The van der Waals surface area contributed by atoms with Gasteiger partial charge in [-0.2, -0.15) is 0 Å². The molecule has 162 valence electrons. The number of hydrogen-bond donors (Lipinski definition) is 0. The molecule has 2 aliphatic heterocycles. The van der Waals surface area contributed by atoms with Crippen molar-refractivity contribution in [2.45, 2.75) is 62.8 Å². The number of benzene rings is 1. The van der Waals surface area contributed by atoms with Crippen LogP contribution in [0.15, 0.2) is 29.4 Å². The molecule has 0 aliphatic carbocycles. The van der Waals surface area contributed by atoms with Gasteiger partial charge in [-0.1, -0.05) is 31.0 Å². The monoisotopic (exact) mass is 432 g/mol. The highest BCUT2D eigenvalue weighted by Crippen LogP contribution is 2.27. The zero-order valence-electron chi connectivity index (χ0n) is 17.3. The summed E-state index contributed by atoms with van der Waals surface area (Å²) in [5.74, 6) is 0.925. The summed E-state index contributed by atoms with van der Waals surface area (Å²) in [6.45, 7) is 3.11. The molecule has 0 radical (unpaired) electrons. The molecule has 8 heteroatoms. The lowest BCUT2D eigenvalue weighted by molar-refractivity contribution is -0.128. The number of carbonyl (C=O) groups is 1. The molecule has 0 N–H and O–H groups in total. The first-order chi connectivity index (χ1) is 14.7. The Labute approximate surface area is 181 Å². The summed E-state index contributed by atoms with van der Waals surface area (Å²) in [5, 5.41) is 9.44. The Morgan fingerprint density at radius 3 is 2.50 bits per heavy atom. The van der Waals surface area contributed by atoms with Crippen LogP contribution in [0.2, 0.25) is 0 Å². The second kappa shape index (κ2) is 10.4. The van der Waals surface area contributed by atoms with Crippen molar-refractivity contribution in [3.05, 3.63) is 30.1 Å². The molecule has 6 nitrogen and oxygen atoms in total. The van der Waals surface area contributed by atoms with Gasteiger partial charge < -0.3 is 9.64 Å². The van der Waals surface area contributed by atoms with Crippen LogP contribution in [0.3, 0.4) is 0 Å². The predicted octanol–water partition coefficient (Wildman–Crippen LogP) is 4.15. The number of ether oxygens (including phenoxy) is 1. The van der Waals surface area contributed by atoms with Gasteiger partial charge in [0.25, 0.3) is 0 Å². The quantitative estimate of drug-likeness (QED) is 0.642. The molecule has 1 aromatic heterocycles. The van der Waals surface area contributed by atoms with Crippen LogP contribution in [-0.2, 0) is 16.1 Å². The molecular formula is C22H29FN4O2S. The summed E-state index contributed by atoms with van der Waals surface area (Å²) in [6, 6.07) is 6.29. The molecule has 1 amide bonds. The molecule has 2 fully saturated rings. The van der Waals surface area contributed by atoms with Gasteiger partial charge in [0, 0.05) is 25.3 Å². The van der Waals surface area contributed by atoms with Gasteiger partial charge in [-0.05, 0) is 49.9 Å². The van der Waals surface area contributed by atoms with Crippen LogP contribution in [0, 0.1) is 5.82 Å². The summed E-state index contributed by atoms with van der Waals surface area (Å²) < 4.78 is 21.2. The minimum atomic E-state index is -0.280. The first kappa shape index (κ1) is 21.3. The Balaban J connectivity index is 1.48. The predicted molar refractivity (Wildman–Crippen MR) is 115 cm³/mol. The van der Waals surface area contributed by atoms with Crippen molar-refractivity contribution in [1.82, 2.24) is 19.7 Å². The summed E-state index contributed by atoms with van der Waals surface area (Å²) in [7, 11) is 0. The van der Waals surface area contributed by atoms with E-state index in [4.69, 9.17) is 4.74 Å². The Morgan fingerprint density at radius 1 is 1.07 bits per heavy atom. The second-order valence-corrected chi connectivity index (χ2v) is 8.94. The van der Waals surface area contributed by atoms with Crippen LogP contribution in [0.5, 0.6) is 0 Å². The van der Waals surface area contributed by atoms with Crippen molar-refractivity contribution in [3.63, 3.8) is 0 Å². The molecular weight excluding hydrogens is 403 g/mol. The van der Waals surface area contributed by atoms with E-state index in [1.807, 2.05) is 9.47 Å². The molecule has 0 bridgehead atoms. The number of carbonyl (C=O) groups excluding carboxylic acids is 1. The van der Waals surface area contributed by atoms with E-state index in [1.54, 1.807) is 12.1 Å². The lowest BCUT2D eigenvalue weighted by Crippen LogP contribution is -2.35. The molecule has 2 saturated heterocycles. The Kier molecular flexibility index (Phi) is 7.38. The highest BCUT2D eigenvalue weighted by atomic mass is 32.2. The van der Waals surface area contributed by atoms with Gasteiger partial charge in [0.15, 0.2) is 11.0 Å². The van der Waals surface area contributed by atoms with Gasteiger partial charge in [0.2, 0.25) is 5.91 Å². The van der Waals surface area contributed by atoms with Crippen LogP contribution in [0.1, 0.15) is 44.9 Å². The number of halogens is 1. The Morgan fingerprint density at radius 2 is 1.80 bits per heavy atom. The standard InChI is InChI=1S/C22H29FN4O2S/c23-18-10-8-17(9-11-18)21-24-25-22(27(21)15-19-7-6-14-29-19)30-16-20(28)26-12-4-2-1-3-5-13-26/h8-11,19H,1-7,12-16H2. The summed E-state index contributed by atoms with van der Waals surface area (Å²) >= 11 is 1.43. The molecule has 2 aliphatic rings. The van der Waals surface area contributed by atoms with Gasteiger partial charge in [-0.25, -0.2) is 4.39 Å². The summed E-state index contributed by atoms with van der Waals surface area (Å²) in [5.41, 5.74) is 0.809. The maximum atomic E-state index is 13.4. The maximum absolute atomic E-state index is 13.4. The van der Waals surface area contributed by atoms with Gasteiger partial charge in [0.1, 0.15) is 5.82 Å². The molecule has 0 saturated carbocycles. The third kappa shape index (κ3) is 5.40. The normalized spacial score (nSPS) is 20.2. The van der Waals surface area contributed by atoms with Crippen molar-refractivity contribution < 1.29 is 13.9 Å². The topological polar surface area (TPSA) is 60.3 Å². The fourth-order valence-electron chi connectivity index (χ4n) is 4.08. The zero-order chi connectivity index (χ0) is 20.8. The molecule has 2 aromatic rings. The zero-order valence-corrected chi connectivity index (χ0v) is 18.1. The average Bonchev–Trinajstić information content (AvgIpc) is 3.37. The Hall–Kier alpha value is -1.93. The molecule has 30 heavy (non-hydrogen) atoms. The van der Waals surface area contributed by atoms with E-state index in [0.717, 1.165) is 50.9 Å². The number of rotatable bonds is 6. The van der Waals surface area contributed by atoms with Crippen LogP contribution in [0.25, 0.3) is 11.4 Å². The molecule has 1 unspecified atom stereocenters. The van der Waals surface area contributed by atoms with Crippen LogP contribution in [0.4, 0.5) is 4.39 Å². The molecule has 0 spiro atoms. The number of thioether (sulfide) groups is 1. The fourth-order valence-corrected chi connectivity index (χ4v) is 4.93. The van der Waals surface area contributed by atoms with Crippen LogP contribution < -0.4 is 0 Å². The lowest BCUT2D eigenvalue weighted by Gasteiger charge is -2.24. The van der Waals surface area contributed by atoms with E-state index >= 15 is 0 Å². The first-order valence-electron chi connectivity index (χ1n) is 10.9. The molecule has 4 rings (SSSR count). The second-order valence-electron chi connectivity index (χ2n) is 8.00. The van der Waals surface area contributed by atoms with Crippen molar-refractivity contribution in [2.75, 3.05) is 25.4 Å². The van der Waals surface area contributed by atoms with Crippen LogP contribution in [-0.4, -0.2) is 57.1 Å². The third-order valence-corrected chi connectivity index (χ3v) is 6.71. The third-order valence-electron chi connectivity index (χ3n) is 5.76. The van der Waals surface area contributed by atoms with Gasteiger partial charge in [-0.3, -0.25) is 9.36 Å². The van der Waals surface area contributed by atoms with E-state index in [-0.39, 0.29) is 17.8 Å². The van der Waals surface area contributed by atoms with Crippen molar-refractivity contribution in [2.24, 2.45) is 0 Å². The SMILES string of the molecule is O=C(CSc1nnc(-c2ccc(F)cc2)n1CC1CCCO1)N1CCCCCCC1. The summed E-state index contributed by atoms with van der Waals surface area (Å²) in [6.07, 6.45) is 8.01. The van der Waals surface area contributed by atoms with Crippen LogP contribution >= 0.6 is 11.8 Å². The van der Waals surface area contributed by atoms with E-state index in [0.29, 0.717) is 23.3 Å². The number of aromatic nitrogens is 3. The number of nitrogens with zero attached hydrogens (tertiary/aromatic N) is 4. The fraction of sp³-hybridized carbons (Fsp3) is 0.591. The first-order valence-corrected chi connectivity index (χ1v) is 11.9. The number of likely N-dealkylation sites (tertiary alicyclic amines) is 1. The van der Waals surface area contributed by atoms with E-state index < -0.39 is 0 Å². The van der Waals surface area contributed by atoms with E-state index in [1.165, 1.54) is 43.2 Å². The molecule has 3 heterocycles. The van der Waals surface area contributed by atoms with Gasteiger partial charge in [-0.15, -0.1) is 10.2 Å². The summed E-state index contributed by atoms with van der Waals surface area (Å²) in [4.78, 5) is 14.8. The van der Waals surface area contributed by atoms with Crippen molar-refractivity contribution in [1.29, 1.82) is 0 Å². The van der Waals surface area contributed by atoms with Crippen molar-refractivity contribution >= 4 is 17.7 Å².